The van der Waals surface area contributed by atoms with E-state index in [1.54, 1.807) is 42.3 Å². The maximum atomic E-state index is 13.9. The van der Waals surface area contributed by atoms with Gasteiger partial charge in [-0.3, -0.25) is 4.79 Å². The summed E-state index contributed by atoms with van der Waals surface area (Å²) in [6.45, 7) is -0.744. The molecule has 2 aromatic rings. The fourth-order valence-corrected chi connectivity index (χ4v) is 4.76. The quantitative estimate of drug-likeness (QED) is 0.284. The van der Waals surface area contributed by atoms with Gasteiger partial charge in [-0.05, 0) is 31.2 Å². The van der Waals surface area contributed by atoms with Gasteiger partial charge in [0.2, 0.25) is 18.1 Å². The van der Waals surface area contributed by atoms with E-state index in [-0.39, 0.29) is 48.7 Å². The molecule has 0 saturated carbocycles. The van der Waals surface area contributed by atoms with Crippen LogP contribution in [0.15, 0.2) is 52.6 Å². The van der Waals surface area contributed by atoms with Crippen LogP contribution in [0.3, 0.4) is 0 Å². The van der Waals surface area contributed by atoms with E-state index in [2.05, 4.69) is 25.5 Å². The fraction of sp³-hybridized carbons (Fsp3) is 0.360. The maximum Gasteiger partial charge on any atom is 0.387 e. The highest BCUT2D eigenvalue weighted by Gasteiger charge is 2.40. The van der Waals surface area contributed by atoms with Gasteiger partial charge >= 0.3 is 6.61 Å². The van der Waals surface area contributed by atoms with Crippen molar-refractivity contribution >= 4 is 46.5 Å². The van der Waals surface area contributed by atoms with E-state index in [4.69, 9.17) is 23.2 Å². The summed E-state index contributed by atoms with van der Waals surface area (Å²) < 4.78 is 43.7. The molecule has 0 spiro atoms. The number of anilines is 1. The number of aliphatic imine (C=N–C) groups is 1. The number of alkyl halides is 3. The van der Waals surface area contributed by atoms with E-state index < -0.39 is 24.9 Å². The van der Waals surface area contributed by atoms with Crippen molar-refractivity contribution in [2.45, 2.75) is 38.2 Å². The summed E-state index contributed by atoms with van der Waals surface area (Å²) in [5.41, 5.74) is 1.33. The monoisotopic (exact) mass is 581 g/mol. The second-order valence-corrected chi connectivity index (χ2v) is 9.51. The number of nitriles is 1. The molecule has 0 radical (unpaired) electrons. The molecule has 0 aliphatic carbocycles. The number of carbonyl (C=O) groups is 1. The van der Waals surface area contributed by atoms with E-state index in [0.29, 0.717) is 22.0 Å². The molecule has 2 heterocycles. The molecule has 2 aliphatic rings. The minimum atomic E-state index is -3.01. The molecule has 1 fully saturated rings. The molecule has 1 saturated heterocycles. The van der Waals surface area contributed by atoms with Crippen LogP contribution in [0.1, 0.15) is 18.9 Å². The molecule has 2 aliphatic heterocycles. The lowest BCUT2D eigenvalue weighted by Crippen LogP contribution is -2.52. The Kier molecular flexibility index (Phi) is 9.16. The summed E-state index contributed by atoms with van der Waals surface area (Å²) in [4.78, 5) is 18.8. The van der Waals surface area contributed by atoms with Crippen LogP contribution >= 0.6 is 23.2 Å². The number of hydrazone groups is 1. The van der Waals surface area contributed by atoms with Crippen molar-refractivity contribution < 1.29 is 22.7 Å². The molecule has 3 atom stereocenters. The van der Waals surface area contributed by atoms with Crippen molar-refractivity contribution in [3.05, 3.63) is 58.1 Å². The summed E-state index contributed by atoms with van der Waals surface area (Å²) in [6.07, 6.45) is 0.645. The highest BCUT2D eigenvalue weighted by Crippen LogP contribution is 2.28. The number of guanidine groups is 1. The Balaban J connectivity index is 1.68. The number of amides is 1. The number of hydrogen-bond donors (Lipinski definition) is 2. The van der Waals surface area contributed by atoms with Crippen molar-refractivity contribution in [3.8, 4) is 11.9 Å². The minimum Gasteiger partial charge on any atom is -0.435 e. The third-order valence-electron chi connectivity index (χ3n) is 6.20. The Morgan fingerprint density at radius 2 is 2.13 bits per heavy atom. The molecular formula is C25H24Cl2F3N7O2. The lowest BCUT2D eigenvalue weighted by atomic mass is 10.0. The van der Waals surface area contributed by atoms with Crippen molar-refractivity contribution in [2.24, 2.45) is 10.1 Å². The zero-order valence-electron chi connectivity index (χ0n) is 20.6. The number of halogens is 5. The molecule has 0 unspecified atom stereocenters. The van der Waals surface area contributed by atoms with Crippen LogP contribution in [0.4, 0.5) is 18.9 Å². The molecule has 4 rings (SSSR count). The second-order valence-electron chi connectivity index (χ2n) is 8.70. The number of hydrogen-bond acceptors (Lipinski definition) is 6. The summed E-state index contributed by atoms with van der Waals surface area (Å²) in [5.74, 6) is -0.400. The number of benzene rings is 2. The number of rotatable bonds is 7. The summed E-state index contributed by atoms with van der Waals surface area (Å²) >= 11 is 12.4. The Morgan fingerprint density at radius 1 is 1.33 bits per heavy atom. The van der Waals surface area contributed by atoms with Crippen molar-refractivity contribution in [3.63, 3.8) is 0 Å². The Bertz CT molecular complexity index is 1320. The van der Waals surface area contributed by atoms with Crippen molar-refractivity contribution in [1.82, 2.24) is 15.2 Å². The molecule has 9 nitrogen and oxygen atoms in total. The predicted molar refractivity (Wildman–Crippen MR) is 142 cm³/mol. The molecule has 2 N–H and O–H groups in total. The Labute approximate surface area is 232 Å². The van der Waals surface area contributed by atoms with E-state index in [9.17, 15) is 23.2 Å². The predicted octanol–water partition coefficient (Wildman–Crippen LogP) is 4.48. The highest BCUT2D eigenvalue weighted by atomic mass is 35.5. The standard InChI is InChI=1S/C25H24Cl2F3N7O2/c1-2-36(23(38)20-9-15(28)11-32-20)21-12-37(35-22(21)14-6-7-18(26)19(27)8-14)25(33-13-31)34-16-4-3-5-17(10-16)39-24(29)30/h3-8,10,15,20-21,24,32H,2,9,11-12H2,1H3,(H,33,34)/t15-,20-,21-/m1/s1. The number of carbonyl (C=O) groups excluding carboxylic acids is 1. The molecule has 206 valence electrons. The van der Waals surface area contributed by atoms with Crippen LogP contribution in [0, 0.1) is 11.5 Å². The van der Waals surface area contributed by atoms with Gasteiger partial charge in [0.1, 0.15) is 11.9 Å². The van der Waals surface area contributed by atoms with E-state index >= 15 is 0 Å². The average molecular weight is 582 g/mol. The van der Waals surface area contributed by atoms with Crippen LogP contribution in [0.25, 0.3) is 0 Å². The zero-order valence-corrected chi connectivity index (χ0v) is 22.1. The summed E-state index contributed by atoms with van der Waals surface area (Å²) in [6, 6.07) is 9.34. The number of nitrogens with one attached hydrogen (secondary N) is 2. The first-order chi connectivity index (χ1) is 18.7. The molecule has 0 aromatic heterocycles. The van der Waals surface area contributed by atoms with Gasteiger partial charge in [-0.1, -0.05) is 35.3 Å². The molecule has 1 amide bonds. The lowest BCUT2D eigenvalue weighted by Gasteiger charge is -2.31. The van der Waals surface area contributed by atoms with Gasteiger partial charge in [-0.25, -0.2) is 9.40 Å². The van der Waals surface area contributed by atoms with Gasteiger partial charge in [0.15, 0.2) is 0 Å². The van der Waals surface area contributed by atoms with Gasteiger partial charge in [0.05, 0.1) is 34.4 Å². The SMILES string of the molecule is CCN(C(=O)[C@H]1C[C@@H](F)CN1)[C@@H]1CN(/C(=N\C#N)Nc2cccc(OC(F)F)c2)N=C1c1ccc(Cl)c(Cl)c1. The van der Waals surface area contributed by atoms with Gasteiger partial charge in [-0.15, -0.1) is 4.99 Å². The Morgan fingerprint density at radius 3 is 2.77 bits per heavy atom. The van der Waals surface area contributed by atoms with Gasteiger partial charge in [-0.2, -0.15) is 19.1 Å². The number of ether oxygens (including phenoxy) is 1. The minimum absolute atomic E-state index is 0.0157. The topological polar surface area (TPSA) is 105 Å². The number of likely N-dealkylation sites (N-methyl/N-ethyl adjacent to an activating group) is 1. The average Bonchev–Trinajstić information content (AvgIpc) is 3.53. The van der Waals surface area contributed by atoms with Crippen LogP contribution in [-0.4, -0.2) is 72.0 Å². The van der Waals surface area contributed by atoms with Crippen LogP contribution < -0.4 is 15.4 Å². The second kappa shape index (κ2) is 12.5. The molecule has 0 bridgehead atoms. The van der Waals surface area contributed by atoms with E-state index in [0.717, 1.165) is 0 Å². The first kappa shape index (κ1) is 28.5. The highest BCUT2D eigenvalue weighted by molar-refractivity contribution is 6.42. The first-order valence-corrected chi connectivity index (χ1v) is 12.7. The van der Waals surface area contributed by atoms with Crippen LogP contribution in [-0.2, 0) is 4.79 Å². The third-order valence-corrected chi connectivity index (χ3v) is 6.94. The normalized spacial score (nSPS) is 21.1. The largest absolute Gasteiger partial charge is 0.435 e. The summed E-state index contributed by atoms with van der Waals surface area (Å²) in [5, 5.41) is 21.8. The lowest BCUT2D eigenvalue weighted by molar-refractivity contribution is -0.134. The molecule has 14 heteroatoms. The van der Waals surface area contributed by atoms with Gasteiger partial charge < -0.3 is 20.3 Å². The molecule has 39 heavy (non-hydrogen) atoms. The van der Waals surface area contributed by atoms with Crippen molar-refractivity contribution in [2.75, 3.05) is 25.0 Å². The smallest absolute Gasteiger partial charge is 0.387 e. The van der Waals surface area contributed by atoms with Crippen molar-refractivity contribution in [1.29, 1.82) is 5.26 Å². The zero-order chi connectivity index (χ0) is 28.1. The van der Waals surface area contributed by atoms with Crippen LogP contribution in [0.2, 0.25) is 10.0 Å². The van der Waals surface area contributed by atoms with E-state index in [1.165, 1.54) is 23.2 Å². The Hall–Kier alpha value is -3.53. The summed E-state index contributed by atoms with van der Waals surface area (Å²) in [7, 11) is 0. The third kappa shape index (κ3) is 6.73. The van der Waals surface area contributed by atoms with E-state index in [1.807, 2.05) is 0 Å². The number of nitrogens with zero attached hydrogens (tertiary/aromatic N) is 5. The van der Waals surface area contributed by atoms with Gasteiger partial charge in [0, 0.05) is 36.8 Å². The maximum absolute atomic E-state index is 13.9. The molecular weight excluding hydrogens is 558 g/mol. The fourth-order valence-electron chi connectivity index (χ4n) is 4.46. The molecule has 2 aromatic carbocycles. The van der Waals surface area contributed by atoms with Gasteiger partial charge in [0.25, 0.3) is 0 Å². The first-order valence-electron chi connectivity index (χ1n) is 12.0. The van der Waals surface area contributed by atoms with Crippen LogP contribution in [0.5, 0.6) is 5.75 Å².